The second kappa shape index (κ2) is 9.45. The highest BCUT2D eigenvalue weighted by molar-refractivity contribution is 14.1. The van der Waals surface area contributed by atoms with E-state index in [0.717, 1.165) is 6.07 Å². The van der Waals surface area contributed by atoms with E-state index in [1.165, 1.54) is 6.20 Å². The topological polar surface area (TPSA) is 83.4 Å². The molecule has 4 heterocycles. The lowest BCUT2D eigenvalue weighted by Crippen LogP contribution is -2.46. The van der Waals surface area contributed by atoms with Crippen LogP contribution in [0.1, 0.15) is 30.6 Å². The minimum Gasteiger partial charge on any atom is -0.361 e. The molecule has 2 atom stereocenters. The summed E-state index contributed by atoms with van der Waals surface area (Å²) in [5, 5.41) is 8.66. The Morgan fingerprint density at radius 2 is 2.12 bits per heavy atom. The Morgan fingerprint density at radius 1 is 1.33 bits per heavy atom. The van der Waals surface area contributed by atoms with E-state index in [0.29, 0.717) is 37.3 Å². The van der Waals surface area contributed by atoms with Gasteiger partial charge in [0.05, 0.1) is 17.9 Å². The first-order valence-electron chi connectivity index (χ1n) is 10.5. The summed E-state index contributed by atoms with van der Waals surface area (Å²) in [6, 6.07) is 3.23. The molecular weight excluding hydrogens is 548 g/mol. The van der Waals surface area contributed by atoms with Gasteiger partial charge in [-0.15, -0.1) is 0 Å². The standard InChI is InChI=1S/C22H24F3IN6O/c1-22(2,26)11-29-21(33)12-4-6-32-17(10-28-18(32)7-12)19-14(24)8-15(25)20(31-19)30-16-9-27-5-3-13(16)23/h4,6-8,10,13,16,27H,3,5,9,11H2,1-2H3,(H,29,33)(H,30,31)/t13-,16-/m1/s1. The van der Waals surface area contributed by atoms with Crippen LogP contribution in [-0.2, 0) is 0 Å². The number of aromatic nitrogens is 3. The second-order valence-electron chi connectivity index (χ2n) is 8.60. The van der Waals surface area contributed by atoms with E-state index in [9.17, 15) is 18.0 Å². The Kier molecular flexibility index (Phi) is 6.80. The van der Waals surface area contributed by atoms with Gasteiger partial charge in [0.25, 0.3) is 5.91 Å². The van der Waals surface area contributed by atoms with Gasteiger partial charge >= 0.3 is 0 Å². The van der Waals surface area contributed by atoms with E-state index < -0.39 is 23.8 Å². The molecule has 0 radical (unpaired) electrons. The maximum Gasteiger partial charge on any atom is 0.251 e. The molecule has 7 nitrogen and oxygen atoms in total. The van der Waals surface area contributed by atoms with Crippen molar-refractivity contribution in [3.63, 3.8) is 0 Å². The third kappa shape index (κ3) is 5.40. The molecule has 1 aliphatic heterocycles. The predicted octanol–water partition coefficient (Wildman–Crippen LogP) is 3.73. The van der Waals surface area contributed by atoms with Crippen molar-refractivity contribution in [1.29, 1.82) is 0 Å². The van der Waals surface area contributed by atoms with Crippen LogP contribution < -0.4 is 16.0 Å². The fourth-order valence-electron chi connectivity index (χ4n) is 3.58. The highest BCUT2D eigenvalue weighted by Crippen LogP contribution is 2.27. The molecule has 0 spiro atoms. The summed E-state index contributed by atoms with van der Waals surface area (Å²) in [4.78, 5) is 20.8. The molecule has 1 amide bonds. The lowest BCUT2D eigenvalue weighted by molar-refractivity contribution is 0.0951. The number of nitrogens with zero attached hydrogens (tertiary/aromatic N) is 3. The Labute approximate surface area is 202 Å². The van der Waals surface area contributed by atoms with Crippen molar-refractivity contribution in [3.05, 3.63) is 47.8 Å². The van der Waals surface area contributed by atoms with E-state index in [1.807, 2.05) is 13.8 Å². The van der Waals surface area contributed by atoms with Gasteiger partial charge in [0.2, 0.25) is 0 Å². The minimum absolute atomic E-state index is 0.0919. The third-order valence-corrected chi connectivity index (χ3v) is 5.72. The van der Waals surface area contributed by atoms with Crippen LogP contribution in [0.15, 0.2) is 30.6 Å². The normalized spacial score (nSPS) is 19.0. The summed E-state index contributed by atoms with van der Waals surface area (Å²) in [6.07, 6.45) is 2.12. The maximum atomic E-state index is 14.7. The first-order valence-corrected chi connectivity index (χ1v) is 11.6. The van der Waals surface area contributed by atoms with E-state index in [2.05, 4.69) is 48.5 Å². The number of hydrogen-bond donors (Lipinski definition) is 3. The fraction of sp³-hybridized carbons (Fsp3) is 0.409. The van der Waals surface area contributed by atoms with Gasteiger partial charge in [-0.25, -0.2) is 23.1 Å². The van der Waals surface area contributed by atoms with Gasteiger partial charge in [0.1, 0.15) is 17.5 Å². The molecule has 1 aliphatic rings. The minimum atomic E-state index is -1.17. The van der Waals surface area contributed by atoms with Gasteiger partial charge in [-0.2, -0.15) is 0 Å². The lowest BCUT2D eigenvalue weighted by atomic mass is 10.1. The summed E-state index contributed by atoms with van der Waals surface area (Å²) in [5.74, 6) is -2.24. The van der Waals surface area contributed by atoms with Gasteiger partial charge in [0.15, 0.2) is 17.5 Å². The molecule has 0 aliphatic carbocycles. The average molecular weight is 572 g/mol. The lowest BCUT2D eigenvalue weighted by Gasteiger charge is -2.28. The number of alkyl halides is 2. The Balaban J connectivity index is 1.62. The molecule has 0 aromatic carbocycles. The molecular formula is C22H24F3IN6O. The van der Waals surface area contributed by atoms with Crippen molar-refractivity contribution in [2.24, 2.45) is 0 Å². The monoisotopic (exact) mass is 572 g/mol. The molecule has 176 valence electrons. The van der Waals surface area contributed by atoms with E-state index in [-0.39, 0.29) is 26.5 Å². The van der Waals surface area contributed by atoms with Crippen LogP contribution >= 0.6 is 22.6 Å². The number of hydrogen-bond acceptors (Lipinski definition) is 5. The Hall–Kier alpha value is -2.41. The number of halogens is 4. The number of rotatable bonds is 6. The molecule has 4 rings (SSSR count). The van der Waals surface area contributed by atoms with Crippen LogP contribution in [0.2, 0.25) is 0 Å². The molecule has 0 unspecified atom stereocenters. The first-order chi connectivity index (χ1) is 15.6. The van der Waals surface area contributed by atoms with Crippen molar-refractivity contribution in [1.82, 2.24) is 25.0 Å². The number of anilines is 1. The third-order valence-electron chi connectivity index (χ3n) is 5.34. The second-order valence-corrected chi connectivity index (χ2v) is 11.5. The number of nitrogens with one attached hydrogen (secondary N) is 3. The van der Waals surface area contributed by atoms with Crippen molar-refractivity contribution >= 4 is 40.0 Å². The molecule has 3 aromatic rings. The zero-order valence-electron chi connectivity index (χ0n) is 18.1. The molecule has 1 saturated heterocycles. The zero-order chi connectivity index (χ0) is 23.8. The maximum absolute atomic E-state index is 14.7. The number of amides is 1. The number of fused-ring (bicyclic) bond motifs is 1. The number of piperidine rings is 1. The smallest absolute Gasteiger partial charge is 0.251 e. The summed E-state index contributed by atoms with van der Waals surface area (Å²) in [5.41, 5.74) is 0.972. The summed E-state index contributed by atoms with van der Waals surface area (Å²) in [6.45, 7) is 5.35. The predicted molar refractivity (Wildman–Crippen MR) is 129 cm³/mol. The largest absolute Gasteiger partial charge is 0.361 e. The Morgan fingerprint density at radius 3 is 2.85 bits per heavy atom. The molecule has 3 N–H and O–H groups in total. The quantitative estimate of drug-likeness (QED) is 0.310. The van der Waals surface area contributed by atoms with Gasteiger partial charge in [-0.3, -0.25) is 9.20 Å². The SMILES string of the molecule is CC(C)(I)CNC(=O)c1ccn2c(-c3nc(N[C@@H]4CNCC[C@H]4F)c(F)cc3F)cnc2c1. The number of imidazole rings is 1. The summed E-state index contributed by atoms with van der Waals surface area (Å²) >= 11 is 2.25. The molecule has 0 bridgehead atoms. The molecule has 0 saturated carbocycles. The van der Waals surface area contributed by atoms with Crippen LogP contribution in [-0.4, -0.2) is 55.5 Å². The van der Waals surface area contributed by atoms with Crippen LogP contribution in [0, 0.1) is 11.6 Å². The van der Waals surface area contributed by atoms with Gasteiger partial charge < -0.3 is 16.0 Å². The van der Waals surface area contributed by atoms with Gasteiger partial charge in [-0.1, -0.05) is 22.6 Å². The number of carbonyl (C=O) groups is 1. The van der Waals surface area contributed by atoms with Crippen LogP contribution in [0.4, 0.5) is 19.0 Å². The highest BCUT2D eigenvalue weighted by Gasteiger charge is 2.27. The summed E-state index contributed by atoms with van der Waals surface area (Å²) < 4.78 is 44.7. The fourth-order valence-corrected chi connectivity index (χ4v) is 3.77. The summed E-state index contributed by atoms with van der Waals surface area (Å²) in [7, 11) is 0. The zero-order valence-corrected chi connectivity index (χ0v) is 20.3. The molecule has 11 heteroatoms. The van der Waals surface area contributed by atoms with E-state index in [4.69, 9.17) is 0 Å². The van der Waals surface area contributed by atoms with E-state index >= 15 is 0 Å². The van der Waals surface area contributed by atoms with Gasteiger partial charge in [0, 0.05) is 34.3 Å². The van der Waals surface area contributed by atoms with Crippen molar-refractivity contribution in [3.8, 4) is 11.4 Å². The average Bonchev–Trinajstić information content (AvgIpc) is 3.18. The van der Waals surface area contributed by atoms with Crippen molar-refractivity contribution in [2.75, 3.05) is 25.0 Å². The van der Waals surface area contributed by atoms with Crippen LogP contribution in [0.25, 0.3) is 17.0 Å². The first kappa shape index (κ1) is 23.7. The van der Waals surface area contributed by atoms with Gasteiger partial charge in [-0.05, 0) is 38.9 Å². The van der Waals surface area contributed by atoms with Crippen molar-refractivity contribution < 1.29 is 18.0 Å². The van der Waals surface area contributed by atoms with Crippen LogP contribution in [0.3, 0.4) is 0 Å². The molecule has 33 heavy (non-hydrogen) atoms. The number of carbonyl (C=O) groups excluding carboxylic acids is 1. The van der Waals surface area contributed by atoms with E-state index in [1.54, 1.807) is 22.7 Å². The highest BCUT2D eigenvalue weighted by atomic mass is 127. The Bertz CT molecular complexity index is 1180. The molecule has 1 fully saturated rings. The molecule has 3 aromatic heterocycles. The van der Waals surface area contributed by atoms with Crippen molar-refractivity contribution in [2.45, 2.75) is 35.9 Å². The number of pyridine rings is 2. The van der Waals surface area contributed by atoms with Crippen LogP contribution in [0.5, 0.6) is 0 Å².